The molecule has 160 valence electrons. The summed E-state index contributed by atoms with van der Waals surface area (Å²) in [4.78, 5) is 0.0659. The quantitative estimate of drug-likeness (QED) is 0.583. The van der Waals surface area contributed by atoms with Crippen LogP contribution in [0.15, 0.2) is 47.5 Å². The van der Waals surface area contributed by atoms with Crippen LogP contribution in [0.5, 0.6) is 0 Å². The Balaban J connectivity index is 2.01. The Hall–Kier alpha value is -2.67. The number of fused-ring (bicyclic) bond motifs is 1. The predicted molar refractivity (Wildman–Crippen MR) is 116 cm³/mol. The topological polar surface area (TPSA) is 81.3 Å². The smallest absolute Gasteiger partial charge is 0.399 e. The van der Waals surface area contributed by atoms with E-state index in [9.17, 15) is 13.7 Å². The van der Waals surface area contributed by atoms with Gasteiger partial charge in [-0.1, -0.05) is 18.2 Å². The first kappa shape index (κ1) is 21.6. The standard InChI is InChI=1S/C22H22BFN2O4S/c1-14-8-6-7-9-19(14)31(27,28)26-13-17(23-29-21(2,3)22(4,5)30-23)16-10-15(12-25)11-18(24)20(16)26/h6-11,13H,1-5H3. The molecule has 0 atom stereocenters. The summed E-state index contributed by atoms with van der Waals surface area (Å²) in [5, 5.41) is 9.58. The van der Waals surface area contributed by atoms with Crippen LogP contribution in [-0.4, -0.2) is 30.7 Å². The third kappa shape index (κ3) is 3.26. The Bertz CT molecular complexity index is 1340. The molecule has 6 nitrogen and oxygen atoms in total. The molecule has 0 bridgehead atoms. The van der Waals surface area contributed by atoms with Gasteiger partial charge in [0.25, 0.3) is 10.0 Å². The van der Waals surface area contributed by atoms with Crippen molar-refractivity contribution in [3.8, 4) is 6.07 Å². The molecular weight excluding hydrogens is 418 g/mol. The van der Waals surface area contributed by atoms with Crippen molar-refractivity contribution in [3.05, 3.63) is 59.5 Å². The van der Waals surface area contributed by atoms with Crippen LogP contribution in [0.1, 0.15) is 38.8 Å². The number of benzene rings is 2. The molecule has 0 N–H and O–H groups in total. The van der Waals surface area contributed by atoms with Gasteiger partial charge in [-0.25, -0.2) is 16.8 Å². The third-order valence-electron chi connectivity index (χ3n) is 6.12. The minimum Gasteiger partial charge on any atom is -0.399 e. The fourth-order valence-electron chi connectivity index (χ4n) is 3.67. The van der Waals surface area contributed by atoms with E-state index in [2.05, 4.69) is 0 Å². The molecule has 1 aliphatic rings. The highest BCUT2D eigenvalue weighted by atomic mass is 32.2. The molecule has 2 heterocycles. The van der Waals surface area contributed by atoms with Gasteiger partial charge >= 0.3 is 7.12 Å². The van der Waals surface area contributed by atoms with Crippen molar-refractivity contribution in [1.82, 2.24) is 3.97 Å². The molecule has 1 aliphatic heterocycles. The first-order chi connectivity index (χ1) is 14.4. The van der Waals surface area contributed by atoms with Crippen molar-refractivity contribution in [2.75, 3.05) is 0 Å². The highest BCUT2D eigenvalue weighted by Crippen LogP contribution is 2.38. The van der Waals surface area contributed by atoms with Gasteiger partial charge in [0.15, 0.2) is 0 Å². The van der Waals surface area contributed by atoms with Gasteiger partial charge in [0.05, 0.1) is 33.2 Å². The van der Waals surface area contributed by atoms with Crippen LogP contribution >= 0.6 is 0 Å². The summed E-state index contributed by atoms with van der Waals surface area (Å²) in [6, 6.07) is 10.9. The average molecular weight is 440 g/mol. The largest absolute Gasteiger partial charge is 0.497 e. The second-order valence-electron chi connectivity index (χ2n) is 8.71. The number of hydrogen-bond donors (Lipinski definition) is 0. The number of nitrogens with zero attached hydrogens (tertiary/aromatic N) is 2. The maximum absolute atomic E-state index is 15.1. The highest BCUT2D eigenvalue weighted by molar-refractivity contribution is 7.90. The Morgan fingerprint density at radius 2 is 1.71 bits per heavy atom. The number of aromatic nitrogens is 1. The van der Waals surface area contributed by atoms with E-state index in [0.717, 1.165) is 10.0 Å². The lowest BCUT2D eigenvalue weighted by atomic mass is 9.79. The monoisotopic (exact) mass is 440 g/mol. The van der Waals surface area contributed by atoms with Crippen molar-refractivity contribution in [1.29, 1.82) is 5.26 Å². The van der Waals surface area contributed by atoms with Gasteiger partial charge in [0.2, 0.25) is 0 Å². The van der Waals surface area contributed by atoms with Gasteiger partial charge in [-0.2, -0.15) is 5.26 Å². The van der Waals surface area contributed by atoms with Crippen LogP contribution in [0.4, 0.5) is 4.39 Å². The number of rotatable bonds is 3. The molecule has 1 fully saturated rings. The molecule has 1 aromatic heterocycles. The number of aryl methyl sites for hydroxylation is 1. The van der Waals surface area contributed by atoms with Crippen molar-refractivity contribution in [2.45, 2.75) is 50.7 Å². The summed E-state index contributed by atoms with van der Waals surface area (Å²) >= 11 is 0. The zero-order valence-corrected chi connectivity index (χ0v) is 18.7. The number of hydrogen-bond acceptors (Lipinski definition) is 5. The van der Waals surface area contributed by atoms with Crippen LogP contribution in [0.25, 0.3) is 10.9 Å². The minimum atomic E-state index is -4.12. The summed E-state index contributed by atoms with van der Waals surface area (Å²) in [6.45, 7) is 9.17. The lowest BCUT2D eigenvalue weighted by Gasteiger charge is -2.32. The van der Waals surface area contributed by atoms with Crippen LogP contribution in [0, 0.1) is 24.1 Å². The molecular formula is C22H22BFN2O4S. The highest BCUT2D eigenvalue weighted by Gasteiger charge is 2.52. The molecule has 0 saturated carbocycles. The molecule has 3 aromatic rings. The number of halogens is 1. The predicted octanol–water partition coefficient (Wildman–Crippen LogP) is 3.50. The second-order valence-corrected chi connectivity index (χ2v) is 10.5. The van der Waals surface area contributed by atoms with E-state index >= 15 is 4.39 Å². The van der Waals surface area contributed by atoms with E-state index in [1.165, 1.54) is 18.3 Å². The van der Waals surface area contributed by atoms with Crippen molar-refractivity contribution in [2.24, 2.45) is 0 Å². The summed E-state index contributed by atoms with van der Waals surface area (Å²) in [6.07, 6.45) is 1.33. The molecule has 0 unspecified atom stereocenters. The third-order valence-corrected chi connectivity index (χ3v) is 7.94. The van der Waals surface area contributed by atoms with E-state index < -0.39 is 34.2 Å². The maximum atomic E-state index is 15.1. The second kappa shape index (κ2) is 6.92. The summed E-state index contributed by atoms with van der Waals surface area (Å²) in [5.74, 6) is -0.811. The first-order valence-corrected chi connectivity index (χ1v) is 11.2. The molecule has 2 aromatic carbocycles. The molecule has 0 aliphatic carbocycles. The Labute approximate surface area is 181 Å². The van der Waals surface area contributed by atoms with Gasteiger partial charge in [0, 0.05) is 17.0 Å². The number of nitriles is 1. The van der Waals surface area contributed by atoms with Crippen molar-refractivity contribution in [3.63, 3.8) is 0 Å². The van der Waals surface area contributed by atoms with Crippen LogP contribution in [-0.2, 0) is 19.3 Å². The zero-order chi connectivity index (χ0) is 22.8. The van der Waals surface area contributed by atoms with Gasteiger partial charge in [-0.15, -0.1) is 0 Å². The normalized spacial score (nSPS) is 17.8. The fourth-order valence-corrected chi connectivity index (χ4v) is 5.28. The summed E-state index contributed by atoms with van der Waals surface area (Å²) in [7, 11) is -5.04. The fraction of sp³-hybridized carbons (Fsp3) is 0.318. The van der Waals surface area contributed by atoms with Gasteiger partial charge in [-0.05, 0) is 58.4 Å². The maximum Gasteiger partial charge on any atom is 0.497 e. The van der Waals surface area contributed by atoms with E-state index in [1.54, 1.807) is 25.1 Å². The van der Waals surface area contributed by atoms with E-state index in [0.29, 0.717) is 11.0 Å². The van der Waals surface area contributed by atoms with Crippen LogP contribution in [0.3, 0.4) is 0 Å². The van der Waals surface area contributed by atoms with Crippen LogP contribution < -0.4 is 5.46 Å². The molecule has 9 heteroatoms. The Morgan fingerprint density at radius 3 is 2.29 bits per heavy atom. The lowest BCUT2D eigenvalue weighted by molar-refractivity contribution is 0.00578. The molecule has 0 amide bonds. The van der Waals surface area contributed by atoms with Gasteiger partial charge < -0.3 is 9.31 Å². The lowest BCUT2D eigenvalue weighted by Crippen LogP contribution is -2.41. The average Bonchev–Trinajstić information content (AvgIpc) is 3.17. The Kier molecular flexibility index (Phi) is 4.81. The SMILES string of the molecule is Cc1ccccc1S(=O)(=O)n1cc(B2OC(C)(C)C(C)(C)O2)c2cc(C#N)cc(F)c21. The van der Waals surface area contributed by atoms with Gasteiger partial charge in [0.1, 0.15) is 5.82 Å². The van der Waals surface area contributed by atoms with E-state index in [4.69, 9.17) is 9.31 Å². The van der Waals surface area contributed by atoms with Crippen LogP contribution in [0.2, 0.25) is 0 Å². The molecule has 0 radical (unpaired) electrons. The molecule has 0 spiro atoms. The Morgan fingerprint density at radius 1 is 1.10 bits per heavy atom. The zero-order valence-electron chi connectivity index (χ0n) is 17.9. The van der Waals surface area contributed by atoms with Crippen molar-refractivity contribution >= 4 is 33.5 Å². The molecule has 31 heavy (non-hydrogen) atoms. The van der Waals surface area contributed by atoms with Gasteiger partial charge in [-0.3, -0.25) is 0 Å². The van der Waals surface area contributed by atoms with E-state index in [1.807, 2.05) is 33.8 Å². The van der Waals surface area contributed by atoms with E-state index in [-0.39, 0.29) is 21.4 Å². The first-order valence-electron chi connectivity index (χ1n) is 9.80. The molecule has 1 saturated heterocycles. The van der Waals surface area contributed by atoms with Crippen molar-refractivity contribution < 1.29 is 22.1 Å². The summed E-state index contributed by atoms with van der Waals surface area (Å²) < 4.78 is 55.2. The summed E-state index contributed by atoms with van der Waals surface area (Å²) in [5.41, 5.74) is -0.531. The molecule has 4 rings (SSSR count). The minimum absolute atomic E-state index is 0.0659.